The standard InChI is InChI=1S/C7H15O4P/c1-4-6(7(9)10)12(3,11)5(2)8/h5-6,8H,4H2,1-3H3,(H,9,10). The highest BCUT2D eigenvalue weighted by Gasteiger charge is 2.36. The largest absolute Gasteiger partial charge is 0.481 e. The minimum absolute atomic E-state index is 0.286. The van der Waals surface area contributed by atoms with Crippen LogP contribution in [0.3, 0.4) is 0 Å². The van der Waals surface area contributed by atoms with Crippen molar-refractivity contribution in [3.05, 3.63) is 0 Å². The molecule has 0 amide bonds. The summed E-state index contributed by atoms with van der Waals surface area (Å²) in [5.41, 5.74) is -0.919. The third-order valence-electron chi connectivity index (χ3n) is 2.03. The lowest BCUT2D eigenvalue weighted by Crippen LogP contribution is -2.23. The van der Waals surface area contributed by atoms with Crippen LogP contribution in [-0.2, 0) is 9.36 Å². The van der Waals surface area contributed by atoms with Crippen molar-refractivity contribution in [2.75, 3.05) is 6.66 Å². The minimum Gasteiger partial charge on any atom is -0.481 e. The molecule has 0 radical (unpaired) electrons. The van der Waals surface area contributed by atoms with Crippen LogP contribution in [0.5, 0.6) is 0 Å². The molecule has 2 N–H and O–H groups in total. The molecule has 0 aromatic rings. The Balaban J connectivity index is 4.72. The van der Waals surface area contributed by atoms with Crippen molar-refractivity contribution in [1.29, 1.82) is 0 Å². The molecule has 0 aromatic carbocycles. The Bertz CT molecular complexity index is 211. The van der Waals surface area contributed by atoms with Crippen molar-refractivity contribution >= 4 is 13.1 Å². The number of hydrogen-bond acceptors (Lipinski definition) is 3. The van der Waals surface area contributed by atoms with E-state index >= 15 is 0 Å². The van der Waals surface area contributed by atoms with Crippen LogP contribution in [0.15, 0.2) is 0 Å². The van der Waals surface area contributed by atoms with E-state index in [0.29, 0.717) is 0 Å². The second-order valence-electron chi connectivity index (χ2n) is 2.95. The summed E-state index contributed by atoms with van der Waals surface area (Å²) in [6.45, 7) is 4.35. The van der Waals surface area contributed by atoms with E-state index in [0.717, 1.165) is 0 Å². The van der Waals surface area contributed by atoms with E-state index in [1.165, 1.54) is 13.6 Å². The van der Waals surface area contributed by atoms with Crippen molar-refractivity contribution < 1.29 is 19.6 Å². The number of aliphatic hydroxyl groups excluding tert-OH is 1. The Morgan fingerprint density at radius 2 is 2.00 bits per heavy atom. The first-order chi connectivity index (χ1) is 5.34. The van der Waals surface area contributed by atoms with Crippen LogP contribution in [0.4, 0.5) is 0 Å². The Kier molecular flexibility index (Phi) is 3.94. The molecule has 0 aromatic heterocycles. The number of aliphatic hydroxyl groups is 1. The van der Waals surface area contributed by atoms with E-state index in [9.17, 15) is 9.36 Å². The molecule has 0 saturated carbocycles. The summed E-state index contributed by atoms with van der Waals surface area (Å²) in [7, 11) is -2.97. The van der Waals surface area contributed by atoms with Gasteiger partial charge in [-0.15, -0.1) is 0 Å². The molecule has 72 valence electrons. The average molecular weight is 194 g/mol. The fourth-order valence-electron chi connectivity index (χ4n) is 1.02. The van der Waals surface area contributed by atoms with Crippen LogP contribution >= 0.6 is 7.14 Å². The molecule has 0 aliphatic rings. The first kappa shape index (κ1) is 11.7. The van der Waals surface area contributed by atoms with Crippen LogP contribution in [0, 0.1) is 0 Å². The predicted octanol–water partition coefficient (Wildman–Crippen LogP) is 1.18. The van der Waals surface area contributed by atoms with Crippen molar-refractivity contribution in [2.45, 2.75) is 31.8 Å². The predicted molar refractivity (Wildman–Crippen MR) is 46.9 cm³/mol. The molecule has 3 unspecified atom stereocenters. The van der Waals surface area contributed by atoms with Gasteiger partial charge < -0.3 is 14.8 Å². The number of rotatable bonds is 4. The molecule has 12 heavy (non-hydrogen) atoms. The van der Waals surface area contributed by atoms with E-state index in [1.807, 2.05) is 0 Å². The van der Waals surface area contributed by atoms with Crippen LogP contribution in [-0.4, -0.2) is 34.4 Å². The maximum Gasteiger partial charge on any atom is 0.314 e. The number of hydrogen-bond donors (Lipinski definition) is 2. The van der Waals surface area contributed by atoms with Gasteiger partial charge in [-0.3, -0.25) is 4.79 Å². The summed E-state index contributed by atoms with van der Waals surface area (Å²) in [6, 6.07) is 0. The smallest absolute Gasteiger partial charge is 0.314 e. The van der Waals surface area contributed by atoms with E-state index < -0.39 is 24.6 Å². The fourth-order valence-corrected chi connectivity index (χ4v) is 2.70. The second kappa shape index (κ2) is 4.06. The molecular formula is C7H15O4P. The summed E-state index contributed by atoms with van der Waals surface area (Å²) in [5, 5.41) is 17.8. The zero-order valence-electron chi connectivity index (χ0n) is 7.52. The van der Waals surface area contributed by atoms with E-state index in [-0.39, 0.29) is 6.42 Å². The van der Waals surface area contributed by atoms with Gasteiger partial charge >= 0.3 is 5.97 Å². The maximum atomic E-state index is 11.7. The molecule has 0 spiro atoms. The molecule has 0 bridgehead atoms. The van der Waals surface area contributed by atoms with E-state index in [1.54, 1.807) is 6.92 Å². The van der Waals surface area contributed by atoms with Crippen molar-refractivity contribution in [3.8, 4) is 0 Å². The molecule has 0 rings (SSSR count). The number of carbonyl (C=O) groups is 1. The normalized spacial score (nSPS) is 21.0. The van der Waals surface area contributed by atoms with Gasteiger partial charge in [0.2, 0.25) is 0 Å². The van der Waals surface area contributed by atoms with Gasteiger partial charge in [0.25, 0.3) is 0 Å². The highest BCUT2D eigenvalue weighted by molar-refractivity contribution is 7.65. The molecule has 5 heteroatoms. The van der Waals surface area contributed by atoms with Gasteiger partial charge in [0.15, 0.2) is 0 Å². The summed E-state index contributed by atoms with van der Waals surface area (Å²) in [6.07, 6.45) is 0.286. The average Bonchev–Trinajstić information content (AvgIpc) is 1.86. The van der Waals surface area contributed by atoms with Crippen LogP contribution in [0.1, 0.15) is 20.3 Å². The monoisotopic (exact) mass is 194 g/mol. The Morgan fingerprint density at radius 3 is 2.08 bits per heavy atom. The molecule has 4 nitrogen and oxygen atoms in total. The SMILES string of the molecule is CCC(C(=O)O)P(C)(=O)C(C)O. The van der Waals surface area contributed by atoms with Gasteiger partial charge in [0.05, 0.1) is 0 Å². The molecule has 0 aliphatic heterocycles. The van der Waals surface area contributed by atoms with Gasteiger partial charge in [-0.25, -0.2) is 0 Å². The van der Waals surface area contributed by atoms with Gasteiger partial charge in [0, 0.05) is 0 Å². The topological polar surface area (TPSA) is 74.6 Å². The summed E-state index contributed by atoms with van der Waals surface area (Å²) >= 11 is 0. The Morgan fingerprint density at radius 1 is 1.58 bits per heavy atom. The van der Waals surface area contributed by atoms with E-state index in [2.05, 4.69) is 0 Å². The zero-order valence-corrected chi connectivity index (χ0v) is 8.41. The van der Waals surface area contributed by atoms with Crippen molar-refractivity contribution in [3.63, 3.8) is 0 Å². The number of carboxylic acids is 1. The molecular weight excluding hydrogens is 179 g/mol. The number of carboxylic acid groups (broad SMARTS) is 1. The quantitative estimate of drug-likeness (QED) is 0.659. The summed E-state index contributed by atoms with van der Waals surface area (Å²) in [5.74, 6) is -2.14. The highest BCUT2D eigenvalue weighted by atomic mass is 31.2. The van der Waals surface area contributed by atoms with E-state index in [4.69, 9.17) is 10.2 Å². The summed E-state index contributed by atoms with van der Waals surface area (Å²) in [4.78, 5) is 10.6. The lowest BCUT2D eigenvalue weighted by molar-refractivity contribution is -0.136. The van der Waals surface area contributed by atoms with Crippen LogP contribution < -0.4 is 0 Å². The highest BCUT2D eigenvalue weighted by Crippen LogP contribution is 2.51. The Labute approximate surface area is 72.0 Å². The van der Waals surface area contributed by atoms with Gasteiger partial charge in [0.1, 0.15) is 18.6 Å². The molecule has 3 atom stereocenters. The maximum absolute atomic E-state index is 11.7. The van der Waals surface area contributed by atoms with Gasteiger partial charge in [-0.1, -0.05) is 6.92 Å². The molecule has 0 fully saturated rings. The van der Waals surface area contributed by atoms with Crippen LogP contribution in [0.25, 0.3) is 0 Å². The molecule has 0 saturated heterocycles. The Hall–Kier alpha value is -0.340. The fraction of sp³-hybridized carbons (Fsp3) is 0.857. The zero-order chi connectivity index (χ0) is 9.94. The molecule has 0 aliphatic carbocycles. The number of aliphatic carboxylic acids is 1. The second-order valence-corrected chi connectivity index (χ2v) is 6.44. The summed E-state index contributed by atoms with van der Waals surface area (Å²) < 4.78 is 11.7. The minimum atomic E-state index is -2.97. The third kappa shape index (κ3) is 2.32. The lowest BCUT2D eigenvalue weighted by atomic mass is 10.3. The lowest BCUT2D eigenvalue weighted by Gasteiger charge is -2.21. The van der Waals surface area contributed by atoms with Crippen molar-refractivity contribution in [2.24, 2.45) is 0 Å². The first-order valence-corrected chi connectivity index (χ1v) is 6.11. The van der Waals surface area contributed by atoms with Crippen molar-refractivity contribution in [1.82, 2.24) is 0 Å². The molecule has 0 heterocycles. The van der Waals surface area contributed by atoms with Gasteiger partial charge in [-0.05, 0) is 20.0 Å². The third-order valence-corrected chi connectivity index (χ3v) is 5.34. The van der Waals surface area contributed by atoms with Crippen LogP contribution in [0.2, 0.25) is 0 Å². The first-order valence-electron chi connectivity index (χ1n) is 3.81. The van der Waals surface area contributed by atoms with Gasteiger partial charge in [-0.2, -0.15) is 0 Å².